The van der Waals surface area contributed by atoms with Crippen LogP contribution in [0, 0.1) is 0 Å². The predicted molar refractivity (Wildman–Crippen MR) is 77.8 cm³/mol. The zero-order valence-electron chi connectivity index (χ0n) is 11.3. The SMILES string of the molecule is CSc1ccc(CCNC(=O)CC(C)(C)N)cc1. The predicted octanol–water partition coefficient (Wildman–Crippen LogP) is 2.19. The molecule has 0 bridgehead atoms. The van der Waals surface area contributed by atoms with Crippen molar-refractivity contribution in [1.29, 1.82) is 0 Å². The van der Waals surface area contributed by atoms with E-state index in [0.29, 0.717) is 13.0 Å². The van der Waals surface area contributed by atoms with Crippen LogP contribution in [0.15, 0.2) is 29.2 Å². The molecule has 1 rings (SSSR count). The van der Waals surface area contributed by atoms with E-state index >= 15 is 0 Å². The van der Waals surface area contributed by atoms with Crippen LogP contribution in [0.25, 0.3) is 0 Å². The molecule has 0 saturated heterocycles. The first-order chi connectivity index (χ1) is 8.40. The van der Waals surface area contributed by atoms with Gasteiger partial charge >= 0.3 is 0 Å². The normalized spacial score (nSPS) is 11.3. The fourth-order valence-corrected chi connectivity index (χ4v) is 2.02. The maximum atomic E-state index is 11.6. The molecular formula is C14H22N2OS. The van der Waals surface area contributed by atoms with Crippen LogP contribution >= 0.6 is 11.8 Å². The van der Waals surface area contributed by atoms with Gasteiger partial charge in [-0.15, -0.1) is 11.8 Å². The summed E-state index contributed by atoms with van der Waals surface area (Å²) in [5.74, 6) is 0.0169. The lowest BCUT2D eigenvalue weighted by Gasteiger charge is -2.17. The first-order valence-electron chi connectivity index (χ1n) is 6.09. The highest BCUT2D eigenvalue weighted by atomic mass is 32.2. The molecule has 0 spiro atoms. The minimum atomic E-state index is -0.440. The molecule has 0 saturated carbocycles. The summed E-state index contributed by atoms with van der Waals surface area (Å²) in [5, 5.41) is 2.89. The van der Waals surface area contributed by atoms with Crippen LogP contribution in [0.5, 0.6) is 0 Å². The fourth-order valence-electron chi connectivity index (χ4n) is 1.61. The summed E-state index contributed by atoms with van der Waals surface area (Å²) < 4.78 is 0. The largest absolute Gasteiger partial charge is 0.356 e. The van der Waals surface area contributed by atoms with Gasteiger partial charge in [-0.1, -0.05) is 12.1 Å². The first-order valence-corrected chi connectivity index (χ1v) is 7.32. The summed E-state index contributed by atoms with van der Waals surface area (Å²) in [5.41, 5.74) is 6.58. The fraction of sp³-hybridized carbons (Fsp3) is 0.500. The van der Waals surface area contributed by atoms with E-state index in [-0.39, 0.29) is 5.91 Å². The monoisotopic (exact) mass is 266 g/mol. The number of nitrogens with one attached hydrogen (secondary N) is 1. The second-order valence-electron chi connectivity index (χ2n) is 5.11. The van der Waals surface area contributed by atoms with Crippen molar-refractivity contribution >= 4 is 17.7 Å². The second kappa shape index (κ2) is 6.81. The van der Waals surface area contributed by atoms with Crippen molar-refractivity contribution in [2.45, 2.75) is 37.1 Å². The quantitative estimate of drug-likeness (QED) is 0.776. The Balaban J connectivity index is 2.30. The Bertz CT molecular complexity index is 382. The van der Waals surface area contributed by atoms with Crippen molar-refractivity contribution in [3.8, 4) is 0 Å². The van der Waals surface area contributed by atoms with Crippen molar-refractivity contribution in [3.63, 3.8) is 0 Å². The number of benzene rings is 1. The Morgan fingerprint density at radius 1 is 1.33 bits per heavy atom. The Morgan fingerprint density at radius 2 is 1.94 bits per heavy atom. The van der Waals surface area contributed by atoms with Crippen molar-refractivity contribution in [1.82, 2.24) is 5.32 Å². The summed E-state index contributed by atoms with van der Waals surface area (Å²) in [6.07, 6.45) is 3.27. The van der Waals surface area contributed by atoms with E-state index in [1.165, 1.54) is 10.5 Å². The molecule has 0 unspecified atom stereocenters. The van der Waals surface area contributed by atoms with Crippen molar-refractivity contribution in [2.75, 3.05) is 12.8 Å². The van der Waals surface area contributed by atoms with Gasteiger partial charge < -0.3 is 11.1 Å². The maximum absolute atomic E-state index is 11.6. The van der Waals surface area contributed by atoms with Crippen molar-refractivity contribution in [2.24, 2.45) is 5.73 Å². The molecule has 1 amide bonds. The molecule has 0 aliphatic carbocycles. The Kier molecular flexibility index (Phi) is 5.69. The van der Waals surface area contributed by atoms with Gasteiger partial charge in [-0.05, 0) is 44.2 Å². The van der Waals surface area contributed by atoms with Crippen LogP contribution in [0.3, 0.4) is 0 Å². The van der Waals surface area contributed by atoms with Gasteiger partial charge in [0.2, 0.25) is 5.91 Å². The summed E-state index contributed by atoms with van der Waals surface area (Å²) in [6.45, 7) is 4.37. The molecule has 0 aliphatic heterocycles. The minimum Gasteiger partial charge on any atom is -0.356 e. The molecule has 0 heterocycles. The van der Waals surface area contributed by atoms with E-state index in [4.69, 9.17) is 5.73 Å². The van der Waals surface area contributed by atoms with E-state index in [1.807, 2.05) is 13.8 Å². The molecule has 0 fully saturated rings. The number of carbonyl (C=O) groups is 1. The van der Waals surface area contributed by atoms with Gasteiger partial charge in [0.25, 0.3) is 0 Å². The highest BCUT2D eigenvalue weighted by Crippen LogP contribution is 2.14. The number of hydrogen-bond donors (Lipinski definition) is 2. The van der Waals surface area contributed by atoms with E-state index < -0.39 is 5.54 Å². The van der Waals surface area contributed by atoms with E-state index in [0.717, 1.165) is 6.42 Å². The topological polar surface area (TPSA) is 55.1 Å². The van der Waals surface area contributed by atoms with Gasteiger partial charge in [0.1, 0.15) is 0 Å². The standard InChI is InChI=1S/C14H22N2OS/c1-14(2,15)10-13(17)16-9-8-11-4-6-12(18-3)7-5-11/h4-7H,8-10,15H2,1-3H3,(H,16,17). The lowest BCUT2D eigenvalue weighted by molar-refractivity contribution is -0.121. The van der Waals surface area contributed by atoms with E-state index in [1.54, 1.807) is 11.8 Å². The Hall–Kier alpha value is -1.00. The molecule has 1 aromatic rings. The van der Waals surface area contributed by atoms with Crippen molar-refractivity contribution < 1.29 is 4.79 Å². The van der Waals surface area contributed by atoms with Gasteiger partial charge in [-0.25, -0.2) is 0 Å². The molecule has 0 atom stereocenters. The molecule has 1 aromatic carbocycles. The van der Waals surface area contributed by atoms with E-state index in [2.05, 4.69) is 35.8 Å². The van der Waals surface area contributed by atoms with Gasteiger partial charge in [0.05, 0.1) is 0 Å². The second-order valence-corrected chi connectivity index (χ2v) is 5.99. The first kappa shape index (κ1) is 15.1. The average Bonchev–Trinajstić information content (AvgIpc) is 2.27. The number of carbonyl (C=O) groups excluding carboxylic acids is 1. The van der Waals surface area contributed by atoms with Crippen LogP contribution in [-0.2, 0) is 11.2 Å². The summed E-state index contributed by atoms with van der Waals surface area (Å²) in [7, 11) is 0. The third-order valence-electron chi connectivity index (χ3n) is 2.51. The lowest BCUT2D eigenvalue weighted by Crippen LogP contribution is -2.39. The van der Waals surface area contributed by atoms with Gasteiger partial charge in [-0.2, -0.15) is 0 Å². The van der Waals surface area contributed by atoms with Gasteiger partial charge in [0, 0.05) is 23.4 Å². The van der Waals surface area contributed by atoms with Crippen LogP contribution in [-0.4, -0.2) is 24.2 Å². The number of rotatable bonds is 6. The highest BCUT2D eigenvalue weighted by molar-refractivity contribution is 7.98. The smallest absolute Gasteiger partial charge is 0.221 e. The third kappa shape index (κ3) is 6.07. The molecule has 3 nitrogen and oxygen atoms in total. The molecule has 0 radical (unpaired) electrons. The summed E-state index contributed by atoms with van der Waals surface area (Å²) in [6, 6.07) is 8.41. The molecule has 3 N–H and O–H groups in total. The third-order valence-corrected chi connectivity index (χ3v) is 3.25. The molecular weight excluding hydrogens is 244 g/mol. The number of thioether (sulfide) groups is 1. The Labute approximate surface area is 114 Å². The highest BCUT2D eigenvalue weighted by Gasteiger charge is 2.15. The lowest BCUT2D eigenvalue weighted by atomic mass is 10.0. The van der Waals surface area contributed by atoms with Crippen molar-refractivity contribution in [3.05, 3.63) is 29.8 Å². The molecule has 4 heteroatoms. The maximum Gasteiger partial charge on any atom is 0.221 e. The number of amides is 1. The number of nitrogens with two attached hydrogens (primary N) is 1. The number of hydrogen-bond acceptors (Lipinski definition) is 3. The zero-order chi connectivity index (χ0) is 13.6. The molecule has 18 heavy (non-hydrogen) atoms. The average molecular weight is 266 g/mol. The van der Waals surface area contributed by atoms with Crippen LogP contribution < -0.4 is 11.1 Å². The van der Waals surface area contributed by atoms with Crippen LogP contribution in [0.1, 0.15) is 25.8 Å². The summed E-state index contributed by atoms with van der Waals surface area (Å²) >= 11 is 1.73. The zero-order valence-corrected chi connectivity index (χ0v) is 12.1. The van der Waals surface area contributed by atoms with Crippen LogP contribution in [0.4, 0.5) is 0 Å². The minimum absolute atomic E-state index is 0.0169. The van der Waals surface area contributed by atoms with Gasteiger partial charge in [0.15, 0.2) is 0 Å². The molecule has 0 aliphatic rings. The molecule has 100 valence electrons. The van der Waals surface area contributed by atoms with E-state index in [9.17, 15) is 4.79 Å². The Morgan fingerprint density at radius 3 is 2.44 bits per heavy atom. The summed E-state index contributed by atoms with van der Waals surface area (Å²) in [4.78, 5) is 12.8. The van der Waals surface area contributed by atoms with Gasteiger partial charge in [-0.3, -0.25) is 4.79 Å². The molecule has 0 aromatic heterocycles. The van der Waals surface area contributed by atoms with Crippen LogP contribution in [0.2, 0.25) is 0 Å².